The summed E-state index contributed by atoms with van der Waals surface area (Å²) in [4.78, 5) is 19.8. The van der Waals surface area contributed by atoms with Gasteiger partial charge >= 0.3 is 6.03 Å². The van der Waals surface area contributed by atoms with Crippen molar-refractivity contribution in [1.29, 1.82) is 0 Å². The summed E-state index contributed by atoms with van der Waals surface area (Å²) in [6, 6.07) is 12.8. The van der Waals surface area contributed by atoms with Crippen LogP contribution in [0.4, 0.5) is 22.0 Å². The van der Waals surface area contributed by atoms with Crippen LogP contribution in [-0.2, 0) is 0 Å². The van der Waals surface area contributed by atoms with Gasteiger partial charge in [0, 0.05) is 30.2 Å². The lowest BCUT2D eigenvalue weighted by molar-refractivity contribution is 0.262. The average Bonchev–Trinajstić information content (AvgIpc) is 2.80. The molecule has 2 aromatic carbocycles. The van der Waals surface area contributed by atoms with Gasteiger partial charge in [-0.25, -0.2) is 9.78 Å². The van der Waals surface area contributed by atoms with Gasteiger partial charge in [-0.1, -0.05) is 0 Å². The van der Waals surface area contributed by atoms with Crippen LogP contribution in [-0.4, -0.2) is 38.3 Å². The summed E-state index contributed by atoms with van der Waals surface area (Å²) in [5.74, 6) is 2.22. The largest absolute Gasteiger partial charge is 0.497 e. The second-order valence-corrected chi connectivity index (χ2v) is 7.72. The number of ether oxygens (including phenoxy) is 2. The number of carbonyl (C=O) groups is 1. The van der Waals surface area contributed by atoms with Crippen molar-refractivity contribution in [2.45, 2.75) is 26.2 Å². The highest BCUT2D eigenvalue weighted by molar-refractivity contribution is 6.02. The van der Waals surface area contributed by atoms with Crippen LogP contribution in [0.3, 0.4) is 0 Å². The van der Waals surface area contributed by atoms with Crippen molar-refractivity contribution >= 4 is 34.1 Å². The van der Waals surface area contributed by atoms with E-state index in [9.17, 15) is 4.79 Å². The number of piperidine rings is 1. The lowest BCUT2D eigenvalue weighted by Gasteiger charge is -2.28. The van der Waals surface area contributed by atoms with Crippen LogP contribution in [0, 0.1) is 6.92 Å². The first-order valence-electron chi connectivity index (χ1n) is 10.5. The van der Waals surface area contributed by atoms with E-state index >= 15 is 0 Å². The number of aryl methyl sites for hydroxylation is 1. The molecule has 4 rings (SSSR count). The van der Waals surface area contributed by atoms with E-state index in [-0.39, 0.29) is 6.03 Å². The molecule has 2 heterocycles. The Labute approximate surface area is 182 Å². The molecular weight excluding hydrogens is 392 g/mol. The molecule has 162 valence electrons. The Morgan fingerprint density at radius 2 is 1.77 bits per heavy atom. The van der Waals surface area contributed by atoms with Crippen LogP contribution in [0.25, 0.3) is 10.9 Å². The maximum absolute atomic E-state index is 12.6. The number of benzene rings is 2. The van der Waals surface area contributed by atoms with Crippen LogP contribution >= 0.6 is 0 Å². The number of nitrogens with zero attached hydrogens (tertiary/aromatic N) is 2. The lowest BCUT2D eigenvalue weighted by Crippen LogP contribution is -2.30. The number of anilines is 3. The molecule has 0 bridgehead atoms. The molecule has 1 aliphatic heterocycles. The second kappa shape index (κ2) is 9.12. The fraction of sp³-hybridized carbons (Fsp3) is 0.333. The number of amides is 2. The number of pyridine rings is 1. The van der Waals surface area contributed by atoms with Gasteiger partial charge in [-0.3, -0.25) is 0 Å². The molecule has 1 saturated heterocycles. The summed E-state index contributed by atoms with van der Waals surface area (Å²) < 4.78 is 10.5. The Balaban J connectivity index is 1.51. The minimum atomic E-state index is -0.349. The van der Waals surface area contributed by atoms with Gasteiger partial charge in [0.2, 0.25) is 0 Å². The van der Waals surface area contributed by atoms with Crippen molar-refractivity contribution in [2.75, 3.05) is 42.8 Å². The molecular formula is C24H28N4O3. The van der Waals surface area contributed by atoms with Gasteiger partial charge in [-0.2, -0.15) is 0 Å². The van der Waals surface area contributed by atoms with Crippen molar-refractivity contribution in [3.63, 3.8) is 0 Å². The number of nitrogens with one attached hydrogen (secondary N) is 2. The zero-order valence-electron chi connectivity index (χ0n) is 18.2. The summed E-state index contributed by atoms with van der Waals surface area (Å²) in [6.45, 7) is 4.21. The van der Waals surface area contributed by atoms with E-state index in [0.29, 0.717) is 22.9 Å². The maximum Gasteiger partial charge on any atom is 0.323 e. The smallest absolute Gasteiger partial charge is 0.323 e. The number of fused-ring (bicyclic) bond motifs is 1. The van der Waals surface area contributed by atoms with Gasteiger partial charge in [0.25, 0.3) is 0 Å². The topological polar surface area (TPSA) is 75.7 Å². The van der Waals surface area contributed by atoms with Crippen LogP contribution in [0.5, 0.6) is 11.5 Å². The van der Waals surface area contributed by atoms with Crippen LogP contribution in [0.1, 0.15) is 24.8 Å². The normalized spacial score (nSPS) is 13.7. The minimum absolute atomic E-state index is 0.349. The van der Waals surface area contributed by atoms with Gasteiger partial charge in [0.05, 0.1) is 25.4 Å². The van der Waals surface area contributed by atoms with E-state index in [4.69, 9.17) is 14.5 Å². The van der Waals surface area contributed by atoms with Crippen LogP contribution < -0.4 is 25.0 Å². The molecule has 0 radical (unpaired) electrons. The van der Waals surface area contributed by atoms with Crippen molar-refractivity contribution in [1.82, 2.24) is 4.98 Å². The highest BCUT2D eigenvalue weighted by Crippen LogP contribution is 2.30. The van der Waals surface area contributed by atoms with Crippen LogP contribution in [0.15, 0.2) is 42.5 Å². The van der Waals surface area contributed by atoms with Gasteiger partial charge in [0.15, 0.2) is 0 Å². The van der Waals surface area contributed by atoms with Gasteiger partial charge in [0.1, 0.15) is 17.3 Å². The number of urea groups is 1. The SMILES string of the molecule is COc1ccc(NC(=O)Nc2ccc3nc(N4CCCCC4)cc(C)c3c2)c(OC)c1. The highest BCUT2D eigenvalue weighted by atomic mass is 16.5. The standard InChI is InChI=1S/C24H28N4O3/c1-16-13-23(28-11-5-4-6-12-28)26-20-9-7-17(14-19(16)20)25-24(29)27-21-10-8-18(30-2)15-22(21)31-3/h7-10,13-15H,4-6,11-12H2,1-3H3,(H2,25,27,29). The Hall–Kier alpha value is -3.48. The fourth-order valence-corrected chi connectivity index (χ4v) is 3.93. The summed E-state index contributed by atoms with van der Waals surface area (Å²) in [7, 11) is 3.13. The molecule has 1 aromatic heterocycles. The molecule has 0 saturated carbocycles. The minimum Gasteiger partial charge on any atom is -0.497 e. The Morgan fingerprint density at radius 3 is 2.52 bits per heavy atom. The first-order chi connectivity index (χ1) is 15.1. The number of hydrogen-bond donors (Lipinski definition) is 2. The number of hydrogen-bond acceptors (Lipinski definition) is 5. The van der Waals surface area contributed by atoms with E-state index < -0.39 is 0 Å². The number of carbonyl (C=O) groups excluding carboxylic acids is 1. The molecule has 0 atom stereocenters. The molecule has 7 heteroatoms. The zero-order valence-corrected chi connectivity index (χ0v) is 18.2. The fourth-order valence-electron chi connectivity index (χ4n) is 3.93. The van der Waals surface area contributed by atoms with E-state index in [0.717, 1.165) is 35.4 Å². The third-order valence-electron chi connectivity index (χ3n) is 5.60. The first-order valence-corrected chi connectivity index (χ1v) is 10.5. The summed E-state index contributed by atoms with van der Waals surface area (Å²) in [5.41, 5.74) is 3.34. The Bertz CT molecular complexity index is 1090. The quantitative estimate of drug-likeness (QED) is 0.594. The van der Waals surface area contributed by atoms with Gasteiger partial charge in [-0.15, -0.1) is 0 Å². The summed E-state index contributed by atoms with van der Waals surface area (Å²) in [6.07, 6.45) is 3.73. The molecule has 7 nitrogen and oxygen atoms in total. The number of rotatable bonds is 5. The predicted octanol–water partition coefficient (Wildman–Crippen LogP) is 5.19. The van der Waals surface area contributed by atoms with Gasteiger partial charge in [-0.05, 0) is 68.1 Å². The molecule has 31 heavy (non-hydrogen) atoms. The molecule has 0 spiro atoms. The second-order valence-electron chi connectivity index (χ2n) is 7.72. The first kappa shape index (κ1) is 20.8. The molecule has 3 aromatic rings. The number of aromatic nitrogens is 1. The molecule has 1 aliphatic rings. The molecule has 1 fully saturated rings. The lowest BCUT2D eigenvalue weighted by atomic mass is 10.1. The highest BCUT2D eigenvalue weighted by Gasteiger charge is 2.14. The van der Waals surface area contributed by atoms with Gasteiger partial charge < -0.3 is 25.0 Å². The van der Waals surface area contributed by atoms with Crippen molar-refractivity contribution < 1.29 is 14.3 Å². The zero-order chi connectivity index (χ0) is 21.8. The average molecular weight is 421 g/mol. The van der Waals surface area contributed by atoms with Crippen molar-refractivity contribution in [3.8, 4) is 11.5 Å². The van der Waals surface area contributed by atoms with E-state index in [1.165, 1.54) is 19.3 Å². The Morgan fingerprint density at radius 1 is 0.968 bits per heavy atom. The summed E-state index contributed by atoms with van der Waals surface area (Å²) in [5, 5.41) is 6.74. The van der Waals surface area contributed by atoms with E-state index in [1.807, 2.05) is 18.2 Å². The van der Waals surface area contributed by atoms with Crippen LogP contribution in [0.2, 0.25) is 0 Å². The van der Waals surface area contributed by atoms with E-state index in [2.05, 4.69) is 28.5 Å². The third kappa shape index (κ3) is 4.66. The third-order valence-corrected chi connectivity index (χ3v) is 5.60. The Kier molecular flexibility index (Phi) is 6.11. The number of methoxy groups -OCH3 is 2. The molecule has 2 N–H and O–H groups in total. The monoisotopic (exact) mass is 420 g/mol. The molecule has 0 unspecified atom stereocenters. The molecule has 0 aliphatic carbocycles. The maximum atomic E-state index is 12.6. The molecule has 2 amide bonds. The summed E-state index contributed by atoms with van der Waals surface area (Å²) >= 11 is 0. The van der Waals surface area contributed by atoms with Crippen molar-refractivity contribution in [3.05, 3.63) is 48.0 Å². The van der Waals surface area contributed by atoms with E-state index in [1.54, 1.807) is 32.4 Å². The van der Waals surface area contributed by atoms with Crippen molar-refractivity contribution in [2.24, 2.45) is 0 Å². The predicted molar refractivity (Wildman–Crippen MR) is 125 cm³/mol.